The average molecular weight is 619 g/mol. The number of fused-ring (bicyclic) bond motifs is 1. The second-order valence-electron chi connectivity index (χ2n) is 10.6. The molecule has 3 atom stereocenters. The maximum absolute atomic E-state index is 13.4. The van der Waals surface area contributed by atoms with E-state index in [9.17, 15) is 40.7 Å². The first-order valence-corrected chi connectivity index (χ1v) is 13.7. The number of nitrogens with one attached hydrogen (secondary N) is 2. The zero-order chi connectivity index (χ0) is 30.8. The molecular formula is C28H29ClF6N4O3. The highest BCUT2D eigenvalue weighted by molar-refractivity contribution is 6.34. The summed E-state index contributed by atoms with van der Waals surface area (Å²) in [4.78, 5) is 40.5. The van der Waals surface area contributed by atoms with Crippen LogP contribution in [0.2, 0.25) is 5.02 Å². The van der Waals surface area contributed by atoms with Crippen molar-refractivity contribution in [1.82, 2.24) is 5.32 Å². The van der Waals surface area contributed by atoms with Crippen LogP contribution in [0.4, 0.5) is 43.4 Å². The first kappa shape index (κ1) is 31.5. The van der Waals surface area contributed by atoms with Crippen LogP contribution in [-0.2, 0) is 14.4 Å². The van der Waals surface area contributed by atoms with Gasteiger partial charge in [0.25, 0.3) is 0 Å². The molecule has 42 heavy (non-hydrogen) atoms. The van der Waals surface area contributed by atoms with Gasteiger partial charge in [-0.3, -0.25) is 14.4 Å². The lowest BCUT2D eigenvalue weighted by atomic mass is 9.83. The Balaban J connectivity index is 1.65. The first-order chi connectivity index (χ1) is 19.6. The van der Waals surface area contributed by atoms with Gasteiger partial charge < -0.3 is 21.3 Å². The summed E-state index contributed by atoms with van der Waals surface area (Å²) in [6, 6.07) is 11.1. The van der Waals surface area contributed by atoms with Gasteiger partial charge in [0, 0.05) is 30.4 Å². The number of primary amides is 1. The number of hydrogen-bond donors (Lipinski definition) is 3. The second-order valence-corrected chi connectivity index (χ2v) is 11.0. The molecule has 14 heteroatoms. The zero-order valence-corrected chi connectivity index (χ0v) is 23.0. The minimum Gasteiger partial charge on any atom is -0.369 e. The summed E-state index contributed by atoms with van der Waals surface area (Å²) in [5, 5.41) is 5.22. The Bertz CT molecular complexity index is 1330. The van der Waals surface area contributed by atoms with Gasteiger partial charge in [0.05, 0.1) is 22.9 Å². The van der Waals surface area contributed by atoms with E-state index in [-0.39, 0.29) is 17.3 Å². The van der Waals surface area contributed by atoms with Crippen molar-refractivity contribution in [3.05, 3.63) is 53.1 Å². The van der Waals surface area contributed by atoms with Crippen LogP contribution >= 0.6 is 11.6 Å². The smallest absolute Gasteiger partial charge is 0.369 e. The fourth-order valence-corrected chi connectivity index (χ4v) is 5.35. The number of nitrogens with zero attached hydrogens (tertiary/aromatic N) is 1. The van der Waals surface area contributed by atoms with Gasteiger partial charge in [0.15, 0.2) is 0 Å². The van der Waals surface area contributed by atoms with E-state index in [1.54, 1.807) is 29.2 Å². The molecule has 1 fully saturated rings. The highest BCUT2D eigenvalue weighted by atomic mass is 35.5. The molecule has 2 aromatic carbocycles. The number of para-hydroxylation sites is 1. The van der Waals surface area contributed by atoms with Crippen molar-refractivity contribution in [3.8, 4) is 0 Å². The van der Waals surface area contributed by atoms with Crippen LogP contribution in [0.15, 0.2) is 42.5 Å². The molecule has 0 radical (unpaired) electrons. The molecule has 3 amide bonds. The molecule has 0 bridgehead atoms. The number of carbonyl (C=O) groups is 3. The molecule has 4 rings (SSSR count). The number of benzene rings is 2. The normalized spacial score (nSPS) is 18.9. The third-order valence-corrected chi connectivity index (χ3v) is 7.74. The maximum atomic E-state index is 13.4. The monoisotopic (exact) mass is 618 g/mol. The maximum Gasteiger partial charge on any atom is 0.389 e. The van der Waals surface area contributed by atoms with Gasteiger partial charge in [-0.25, -0.2) is 0 Å². The number of nitrogens with two attached hydrogens (primary N) is 1. The Morgan fingerprint density at radius 2 is 1.62 bits per heavy atom. The lowest BCUT2D eigenvalue weighted by Gasteiger charge is -2.30. The standard InChI is InChI=1S/C28H29ClF6N4O3/c29-20-5-2-6-22-23(20)38-26(42)21(14-39(22)17-4-1-3-16(13-17)15-7-8-15)37-25(41)19(10-12-28(33,34)35)18(24(36)40)9-11-27(30,31)32/h1-6,13,15,18-19,21H,7-12,14H2,(H2,36,40)(H,37,41)(H,38,42)/t18?,19?,21-/m0/s1. The number of amides is 3. The number of alkyl halides is 6. The van der Waals surface area contributed by atoms with E-state index >= 15 is 0 Å². The summed E-state index contributed by atoms with van der Waals surface area (Å²) in [7, 11) is 0. The predicted octanol–water partition coefficient (Wildman–Crippen LogP) is 6.20. The van der Waals surface area contributed by atoms with E-state index in [0.29, 0.717) is 17.3 Å². The Kier molecular flexibility index (Phi) is 9.29. The molecule has 7 nitrogen and oxygen atoms in total. The number of hydrogen-bond acceptors (Lipinski definition) is 4. The molecule has 0 saturated heterocycles. The largest absolute Gasteiger partial charge is 0.389 e. The van der Waals surface area contributed by atoms with Crippen LogP contribution in [0, 0.1) is 11.8 Å². The van der Waals surface area contributed by atoms with Gasteiger partial charge in [0.2, 0.25) is 17.7 Å². The number of carbonyl (C=O) groups excluding carboxylic acids is 3. The Morgan fingerprint density at radius 1 is 1.00 bits per heavy atom. The van der Waals surface area contributed by atoms with Crippen molar-refractivity contribution < 1.29 is 40.7 Å². The average Bonchev–Trinajstić information content (AvgIpc) is 3.74. The van der Waals surface area contributed by atoms with Gasteiger partial charge in [-0.05, 0) is 61.4 Å². The fourth-order valence-electron chi connectivity index (χ4n) is 5.13. The van der Waals surface area contributed by atoms with Crippen LogP contribution in [-0.4, -0.2) is 42.7 Å². The SMILES string of the molecule is NC(=O)C(CCC(F)(F)F)C(CCC(F)(F)F)C(=O)N[C@H]1CN(c2cccc(C3CC3)c2)c2cccc(Cl)c2NC1=O. The lowest BCUT2D eigenvalue weighted by molar-refractivity contribution is -0.152. The molecule has 4 N–H and O–H groups in total. The van der Waals surface area contributed by atoms with Gasteiger partial charge in [0.1, 0.15) is 6.04 Å². The molecule has 0 spiro atoms. The lowest BCUT2D eigenvalue weighted by Crippen LogP contribution is -2.52. The summed E-state index contributed by atoms with van der Waals surface area (Å²) < 4.78 is 78.1. The van der Waals surface area contributed by atoms with Crippen molar-refractivity contribution >= 4 is 46.4 Å². The van der Waals surface area contributed by atoms with Gasteiger partial charge in [-0.1, -0.05) is 29.8 Å². The summed E-state index contributed by atoms with van der Waals surface area (Å²) in [5.74, 6) is -6.60. The minimum atomic E-state index is -4.76. The van der Waals surface area contributed by atoms with Gasteiger partial charge in [-0.15, -0.1) is 0 Å². The Morgan fingerprint density at radius 3 is 2.21 bits per heavy atom. The number of anilines is 3. The Hall–Kier alpha value is -3.48. The number of rotatable bonds is 10. The van der Waals surface area contributed by atoms with Crippen molar-refractivity contribution in [1.29, 1.82) is 0 Å². The third kappa shape index (κ3) is 8.08. The first-order valence-electron chi connectivity index (χ1n) is 13.3. The van der Waals surface area contributed by atoms with Crippen molar-refractivity contribution in [2.45, 2.75) is 62.8 Å². The molecule has 228 valence electrons. The third-order valence-electron chi connectivity index (χ3n) is 7.42. The van der Waals surface area contributed by atoms with Crippen LogP contribution in [0.5, 0.6) is 0 Å². The van der Waals surface area contributed by atoms with Crippen LogP contribution in [0.1, 0.15) is 50.0 Å². The predicted molar refractivity (Wildman–Crippen MR) is 144 cm³/mol. The molecule has 2 aliphatic rings. The summed E-state index contributed by atoms with van der Waals surface area (Å²) in [6.07, 6.45) is -12.5. The van der Waals surface area contributed by atoms with E-state index in [0.717, 1.165) is 18.4 Å². The van der Waals surface area contributed by atoms with E-state index in [4.69, 9.17) is 17.3 Å². The topological polar surface area (TPSA) is 105 Å². The van der Waals surface area contributed by atoms with E-state index in [1.165, 1.54) is 0 Å². The van der Waals surface area contributed by atoms with Gasteiger partial charge in [-0.2, -0.15) is 26.3 Å². The van der Waals surface area contributed by atoms with Crippen LogP contribution in [0.3, 0.4) is 0 Å². The molecule has 1 heterocycles. The molecule has 2 aromatic rings. The molecule has 1 aliphatic carbocycles. The van der Waals surface area contributed by atoms with Crippen molar-refractivity contribution in [2.24, 2.45) is 17.6 Å². The highest BCUT2D eigenvalue weighted by Crippen LogP contribution is 2.43. The summed E-state index contributed by atoms with van der Waals surface area (Å²) >= 11 is 6.38. The highest BCUT2D eigenvalue weighted by Gasteiger charge is 2.41. The van der Waals surface area contributed by atoms with E-state index in [1.807, 2.05) is 18.2 Å². The molecule has 1 saturated carbocycles. The molecule has 2 unspecified atom stereocenters. The second kappa shape index (κ2) is 12.4. The van der Waals surface area contributed by atoms with Crippen molar-refractivity contribution in [2.75, 3.05) is 16.8 Å². The quantitative estimate of drug-likeness (QED) is 0.276. The fraction of sp³-hybridized carbons (Fsp3) is 0.464. The molecule has 0 aromatic heterocycles. The van der Waals surface area contributed by atoms with E-state index < -0.39 is 73.6 Å². The summed E-state index contributed by atoms with van der Waals surface area (Å²) in [5.41, 5.74) is 7.74. The summed E-state index contributed by atoms with van der Waals surface area (Å²) in [6.45, 7) is -0.186. The molecule has 1 aliphatic heterocycles. The van der Waals surface area contributed by atoms with Gasteiger partial charge >= 0.3 is 12.4 Å². The minimum absolute atomic E-state index is 0.186. The van der Waals surface area contributed by atoms with Crippen molar-refractivity contribution in [3.63, 3.8) is 0 Å². The van der Waals surface area contributed by atoms with Crippen LogP contribution in [0.25, 0.3) is 0 Å². The zero-order valence-electron chi connectivity index (χ0n) is 22.2. The Labute approximate surface area is 242 Å². The molecular weight excluding hydrogens is 590 g/mol. The number of halogens is 7. The van der Waals surface area contributed by atoms with E-state index in [2.05, 4.69) is 10.6 Å². The van der Waals surface area contributed by atoms with Crippen LogP contribution < -0.4 is 21.3 Å².